The number of unbranched alkanes of at least 4 members (excludes halogenated alkanes) is 14. The molecule has 0 saturated carbocycles. The highest BCUT2D eigenvalue weighted by Crippen LogP contribution is 2.21. The van der Waals surface area contributed by atoms with E-state index in [-0.39, 0.29) is 19.8 Å². The molecule has 0 saturated heterocycles. The molecule has 3 N–H and O–H groups in total. The smallest absolute Gasteiger partial charge is 0.396 e. The Morgan fingerprint density at radius 3 is 1.10 bits per heavy atom. The molecule has 8 heteroatoms. The maximum atomic E-state index is 9.27. The molecule has 0 aromatic carbocycles. The lowest BCUT2D eigenvalue weighted by molar-refractivity contribution is 0.0461. The van der Waals surface area contributed by atoms with E-state index in [1.807, 2.05) is 0 Å². The maximum absolute atomic E-state index is 9.27. The lowest BCUT2D eigenvalue weighted by atomic mass is 10.1. The molecule has 0 spiro atoms. The fraction of sp³-hybridized carbons (Fsp3) is 1.00. The Bertz CT molecular complexity index is 442. The maximum Gasteiger partial charge on any atom is 0.501 e. The van der Waals surface area contributed by atoms with Crippen LogP contribution in [0.2, 0.25) is 6.04 Å². The highest BCUT2D eigenvalue weighted by molar-refractivity contribution is 6.60. The Morgan fingerprint density at radius 2 is 0.750 bits per heavy atom. The molecule has 0 amide bonds. The number of hydrogen-bond acceptors (Lipinski definition) is 7. The minimum Gasteiger partial charge on any atom is -0.396 e. The fourth-order valence-electron chi connectivity index (χ4n) is 5.01. The zero-order valence-electron chi connectivity index (χ0n) is 26.7. The van der Waals surface area contributed by atoms with Crippen LogP contribution < -0.4 is 0 Å². The van der Waals surface area contributed by atoms with E-state index in [4.69, 9.17) is 13.3 Å². The van der Waals surface area contributed by atoms with E-state index < -0.39 is 8.80 Å². The van der Waals surface area contributed by atoms with Gasteiger partial charge in [-0.2, -0.15) is 0 Å². The molecule has 0 aliphatic carbocycles. The summed E-state index contributed by atoms with van der Waals surface area (Å²) in [5, 5.41) is 27.8. The van der Waals surface area contributed by atoms with Gasteiger partial charge in [0.25, 0.3) is 0 Å². The van der Waals surface area contributed by atoms with E-state index in [0.29, 0.717) is 39.1 Å². The minimum absolute atomic E-state index is 0.0722. The van der Waals surface area contributed by atoms with Crippen LogP contribution in [-0.4, -0.2) is 88.3 Å². The van der Waals surface area contributed by atoms with Crippen LogP contribution in [0.4, 0.5) is 0 Å². The van der Waals surface area contributed by atoms with Crippen molar-refractivity contribution < 1.29 is 28.6 Å². The zero-order valence-corrected chi connectivity index (χ0v) is 27.7. The predicted molar refractivity (Wildman–Crippen MR) is 170 cm³/mol. The Hall–Kier alpha value is -0.0631. The molecule has 0 aliphatic rings. The summed E-state index contributed by atoms with van der Waals surface area (Å²) in [5.74, 6) is 0. The van der Waals surface area contributed by atoms with Crippen molar-refractivity contribution in [3.05, 3.63) is 0 Å². The summed E-state index contributed by atoms with van der Waals surface area (Å²) >= 11 is 0. The van der Waals surface area contributed by atoms with Gasteiger partial charge in [-0.1, -0.05) is 104 Å². The van der Waals surface area contributed by atoms with Crippen molar-refractivity contribution in [3.8, 4) is 0 Å². The third-order valence-corrected chi connectivity index (χ3v) is 10.4. The fourth-order valence-corrected chi connectivity index (χ4v) is 7.65. The van der Waals surface area contributed by atoms with Crippen LogP contribution in [0.3, 0.4) is 0 Å². The van der Waals surface area contributed by atoms with Crippen LogP contribution in [-0.2, 0) is 13.3 Å². The first-order valence-corrected chi connectivity index (χ1v) is 19.1. The second kappa shape index (κ2) is 31.9. The van der Waals surface area contributed by atoms with E-state index in [9.17, 15) is 15.3 Å². The molecular formula is C32H69NO6Si. The molecule has 7 nitrogen and oxygen atoms in total. The molecule has 0 aromatic heterocycles. The number of hydrogen-bond donors (Lipinski definition) is 3. The molecule has 0 bridgehead atoms. The summed E-state index contributed by atoms with van der Waals surface area (Å²) in [7, 11) is -2.95. The van der Waals surface area contributed by atoms with Crippen LogP contribution in [0.15, 0.2) is 0 Å². The first kappa shape index (κ1) is 39.9. The standard InChI is InChI=1S/C32H69NO6Si/c1-3-5-7-9-11-13-15-17-23-33(24-18-16-14-12-10-8-6-4-2)25-19-32-40(37-29-20-26-34,38-30-21-27-35)39-31-22-28-36/h34-36H,3-32H2,1-2H3. The molecule has 0 rings (SSSR count). The second-order valence-electron chi connectivity index (χ2n) is 11.4. The predicted octanol–water partition coefficient (Wildman–Crippen LogP) is 7.10. The van der Waals surface area contributed by atoms with Crippen LogP contribution in [0.5, 0.6) is 0 Å². The highest BCUT2D eigenvalue weighted by atomic mass is 28.4. The largest absolute Gasteiger partial charge is 0.501 e. The van der Waals surface area contributed by atoms with Crippen molar-refractivity contribution in [1.29, 1.82) is 0 Å². The summed E-state index contributed by atoms with van der Waals surface area (Å²) in [4.78, 5) is 2.64. The lowest BCUT2D eigenvalue weighted by Gasteiger charge is -2.31. The average molecular weight is 592 g/mol. The SMILES string of the molecule is CCCCCCCCCCN(CCCCCCCCCC)CCC[Si](OCCCO)(OCCCO)OCCCO. The number of rotatable bonds is 34. The van der Waals surface area contributed by atoms with Gasteiger partial charge in [0, 0.05) is 45.7 Å². The van der Waals surface area contributed by atoms with Gasteiger partial charge in [-0.25, -0.2) is 0 Å². The van der Waals surface area contributed by atoms with E-state index in [1.54, 1.807) is 0 Å². The summed E-state index contributed by atoms with van der Waals surface area (Å²) in [5.41, 5.74) is 0. The molecule has 40 heavy (non-hydrogen) atoms. The van der Waals surface area contributed by atoms with Crippen molar-refractivity contribution in [2.24, 2.45) is 0 Å². The monoisotopic (exact) mass is 591 g/mol. The zero-order chi connectivity index (χ0) is 29.4. The summed E-state index contributed by atoms with van der Waals surface area (Å²) < 4.78 is 18.6. The Labute approximate surface area is 249 Å². The van der Waals surface area contributed by atoms with E-state index in [1.165, 1.54) is 103 Å². The molecule has 242 valence electrons. The van der Waals surface area contributed by atoms with E-state index in [0.717, 1.165) is 32.1 Å². The van der Waals surface area contributed by atoms with Crippen molar-refractivity contribution >= 4 is 8.80 Å². The third-order valence-electron chi connectivity index (χ3n) is 7.49. The third kappa shape index (κ3) is 25.6. The van der Waals surface area contributed by atoms with Crippen LogP contribution in [0.25, 0.3) is 0 Å². The minimum atomic E-state index is -2.95. The Morgan fingerprint density at radius 1 is 0.425 bits per heavy atom. The normalized spacial score (nSPS) is 12.2. The number of aliphatic hydroxyl groups is 3. The van der Waals surface area contributed by atoms with Gasteiger partial charge in [-0.3, -0.25) is 0 Å². The Kier molecular flexibility index (Phi) is 31.8. The quantitative estimate of drug-likeness (QED) is 0.0543. The topological polar surface area (TPSA) is 91.6 Å². The van der Waals surface area contributed by atoms with Gasteiger partial charge in [-0.05, 0) is 58.2 Å². The van der Waals surface area contributed by atoms with Gasteiger partial charge in [0.2, 0.25) is 0 Å². The van der Waals surface area contributed by atoms with Gasteiger partial charge in [0.05, 0.1) is 0 Å². The number of nitrogens with zero attached hydrogens (tertiary/aromatic N) is 1. The van der Waals surface area contributed by atoms with Crippen molar-refractivity contribution in [2.75, 3.05) is 59.3 Å². The van der Waals surface area contributed by atoms with Crippen LogP contribution >= 0.6 is 0 Å². The summed E-state index contributed by atoms with van der Waals surface area (Å²) in [6.45, 7) is 9.30. The molecule has 0 unspecified atom stereocenters. The first-order valence-electron chi connectivity index (χ1n) is 17.1. The van der Waals surface area contributed by atoms with Crippen molar-refractivity contribution in [2.45, 2.75) is 148 Å². The van der Waals surface area contributed by atoms with Gasteiger partial charge in [-0.15, -0.1) is 0 Å². The van der Waals surface area contributed by atoms with Crippen molar-refractivity contribution in [3.63, 3.8) is 0 Å². The Balaban J connectivity index is 4.85. The number of aliphatic hydroxyl groups excluding tert-OH is 3. The summed E-state index contributed by atoms with van der Waals surface area (Å²) in [6, 6.07) is 0.723. The molecular weight excluding hydrogens is 522 g/mol. The first-order chi connectivity index (χ1) is 19.7. The van der Waals surface area contributed by atoms with E-state index >= 15 is 0 Å². The molecule has 0 heterocycles. The van der Waals surface area contributed by atoms with Gasteiger partial charge < -0.3 is 33.5 Å². The van der Waals surface area contributed by atoms with Gasteiger partial charge in [0.1, 0.15) is 0 Å². The lowest BCUT2D eigenvalue weighted by Crippen LogP contribution is -2.47. The molecule has 0 fully saturated rings. The highest BCUT2D eigenvalue weighted by Gasteiger charge is 2.40. The second-order valence-corrected chi connectivity index (χ2v) is 14.1. The van der Waals surface area contributed by atoms with E-state index in [2.05, 4.69) is 18.7 Å². The average Bonchev–Trinajstić information content (AvgIpc) is 2.96. The van der Waals surface area contributed by atoms with Crippen LogP contribution in [0.1, 0.15) is 142 Å². The van der Waals surface area contributed by atoms with Gasteiger partial charge in [0.15, 0.2) is 0 Å². The van der Waals surface area contributed by atoms with Crippen LogP contribution in [0, 0.1) is 0 Å². The molecule has 0 radical (unpaired) electrons. The molecule has 0 aromatic rings. The molecule has 0 aliphatic heterocycles. The molecule has 0 atom stereocenters. The summed E-state index contributed by atoms with van der Waals surface area (Å²) in [6.07, 6.45) is 24.1. The van der Waals surface area contributed by atoms with Gasteiger partial charge >= 0.3 is 8.80 Å². The van der Waals surface area contributed by atoms with Crippen molar-refractivity contribution in [1.82, 2.24) is 4.90 Å².